The van der Waals surface area contributed by atoms with E-state index in [9.17, 15) is 4.79 Å². The van der Waals surface area contributed by atoms with Crippen LogP contribution in [0.4, 0.5) is 11.4 Å². The lowest BCUT2D eigenvalue weighted by molar-refractivity contribution is -0.129. The molecular weight excluding hydrogens is 204 g/mol. The molecule has 1 atom stereocenters. The molecule has 1 saturated heterocycles. The first-order valence-electron chi connectivity index (χ1n) is 5.54. The lowest BCUT2D eigenvalue weighted by Crippen LogP contribution is -2.33. The van der Waals surface area contributed by atoms with Crippen LogP contribution in [0.1, 0.15) is 19.3 Å². The number of carbonyl (C=O) groups is 1. The smallest absolute Gasteiger partial charge is 0.253 e. The number of hydrogen-bond donors (Lipinski definition) is 2. The number of carbonyl (C=O) groups excluding carboxylic acids is 1. The second-order valence-electron chi connectivity index (χ2n) is 3.93. The van der Waals surface area contributed by atoms with Crippen LogP contribution in [-0.2, 0) is 9.53 Å². The van der Waals surface area contributed by atoms with E-state index in [1.54, 1.807) is 12.1 Å². The van der Waals surface area contributed by atoms with Crippen LogP contribution in [0.3, 0.4) is 0 Å². The van der Waals surface area contributed by atoms with Crippen molar-refractivity contribution in [3.05, 3.63) is 24.3 Å². The molecule has 0 spiro atoms. The Balaban J connectivity index is 1.99. The van der Waals surface area contributed by atoms with Crippen LogP contribution in [0.15, 0.2) is 24.3 Å². The molecule has 1 aromatic carbocycles. The maximum absolute atomic E-state index is 11.8. The zero-order chi connectivity index (χ0) is 11.4. The Morgan fingerprint density at radius 3 is 2.88 bits per heavy atom. The Labute approximate surface area is 94.8 Å². The number of benzene rings is 1. The maximum atomic E-state index is 11.8. The molecule has 1 aliphatic rings. The molecule has 86 valence electrons. The molecular formula is C12H16N2O2. The summed E-state index contributed by atoms with van der Waals surface area (Å²) >= 11 is 0. The second kappa shape index (κ2) is 4.99. The fourth-order valence-corrected chi connectivity index (χ4v) is 1.77. The molecule has 3 N–H and O–H groups in total. The Hall–Kier alpha value is -1.55. The first kappa shape index (κ1) is 11.0. The number of nitrogen functional groups attached to an aromatic ring is 1. The highest BCUT2D eigenvalue weighted by molar-refractivity contribution is 5.96. The van der Waals surface area contributed by atoms with Gasteiger partial charge in [0.05, 0.1) is 11.4 Å². The number of amides is 1. The molecule has 0 bridgehead atoms. The first-order chi connectivity index (χ1) is 7.77. The van der Waals surface area contributed by atoms with Gasteiger partial charge in [0, 0.05) is 6.61 Å². The van der Waals surface area contributed by atoms with E-state index in [1.165, 1.54) is 0 Å². The van der Waals surface area contributed by atoms with Gasteiger partial charge in [-0.1, -0.05) is 12.1 Å². The van der Waals surface area contributed by atoms with E-state index < -0.39 is 0 Å². The molecule has 16 heavy (non-hydrogen) atoms. The highest BCUT2D eigenvalue weighted by Crippen LogP contribution is 2.19. The number of nitrogens with two attached hydrogens (primary N) is 1. The van der Waals surface area contributed by atoms with Crippen molar-refractivity contribution in [3.63, 3.8) is 0 Å². The van der Waals surface area contributed by atoms with Gasteiger partial charge >= 0.3 is 0 Å². The van der Waals surface area contributed by atoms with Gasteiger partial charge < -0.3 is 15.8 Å². The molecule has 1 unspecified atom stereocenters. The molecule has 1 aromatic rings. The van der Waals surface area contributed by atoms with E-state index in [0.717, 1.165) is 19.3 Å². The number of para-hydroxylation sites is 2. The third-order valence-electron chi connectivity index (χ3n) is 2.69. The number of rotatable bonds is 2. The van der Waals surface area contributed by atoms with Crippen molar-refractivity contribution in [1.29, 1.82) is 0 Å². The van der Waals surface area contributed by atoms with Crippen LogP contribution >= 0.6 is 0 Å². The molecule has 2 rings (SSSR count). The SMILES string of the molecule is Nc1ccccc1NC(=O)C1CCCCO1. The third kappa shape index (κ3) is 2.52. The summed E-state index contributed by atoms with van der Waals surface area (Å²) in [5.41, 5.74) is 6.97. The monoisotopic (exact) mass is 220 g/mol. The normalized spacial score (nSPS) is 20.4. The Bertz CT molecular complexity index is 373. The van der Waals surface area contributed by atoms with Crippen LogP contribution in [0.2, 0.25) is 0 Å². The van der Waals surface area contributed by atoms with Gasteiger partial charge in [0.25, 0.3) is 5.91 Å². The molecule has 0 saturated carbocycles. The summed E-state index contributed by atoms with van der Waals surface area (Å²) in [6.45, 7) is 0.669. The minimum Gasteiger partial charge on any atom is -0.397 e. The maximum Gasteiger partial charge on any atom is 0.253 e. The van der Waals surface area contributed by atoms with Crippen molar-refractivity contribution in [2.45, 2.75) is 25.4 Å². The van der Waals surface area contributed by atoms with Gasteiger partial charge in [-0.2, -0.15) is 0 Å². The summed E-state index contributed by atoms with van der Waals surface area (Å²) in [6.07, 6.45) is 2.55. The highest BCUT2D eigenvalue weighted by atomic mass is 16.5. The van der Waals surface area contributed by atoms with Crippen LogP contribution in [-0.4, -0.2) is 18.6 Å². The standard InChI is InChI=1S/C12H16N2O2/c13-9-5-1-2-6-10(9)14-12(15)11-7-3-4-8-16-11/h1-2,5-6,11H,3-4,7-8,13H2,(H,14,15). The van der Waals surface area contributed by atoms with E-state index in [-0.39, 0.29) is 12.0 Å². The number of ether oxygens (including phenoxy) is 1. The lowest BCUT2D eigenvalue weighted by Gasteiger charge is -2.21. The Morgan fingerprint density at radius 2 is 2.19 bits per heavy atom. The highest BCUT2D eigenvalue weighted by Gasteiger charge is 2.22. The molecule has 1 fully saturated rings. The molecule has 0 aromatic heterocycles. The predicted octanol–water partition coefficient (Wildman–Crippen LogP) is 1.78. The van der Waals surface area contributed by atoms with Crippen molar-refractivity contribution >= 4 is 17.3 Å². The van der Waals surface area contributed by atoms with Gasteiger partial charge in [-0.05, 0) is 31.4 Å². The van der Waals surface area contributed by atoms with Gasteiger partial charge in [-0.15, -0.1) is 0 Å². The van der Waals surface area contributed by atoms with Crippen molar-refractivity contribution in [2.24, 2.45) is 0 Å². The zero-order valence-corrected chi connectivity index (χ0v) is 9.11. The molecule has 1 aliphatic heterocycles. The quantitative estimate of drug-likeness (QED) is 0.747. The summed E-state index contributed by atoms with van der Waals surface area (Å²) < 4.78 is 5.40. The minimum absolute atomic E-state index is 0.0994. The molecule has 1 amide bonds. The molecule has 4 nitrogen and oxygen atoms in total. The third-order valence-corrected chi connectivity index (χ3v) is 2.69. The average Bonchev–Trinajstić information content (AvgIpc) is 2.33. The van der Waals surface area contributed by atoms with Crippen molar-refractivity contribution in [3.8, 4) is 0 Å². The van der Waals surface area contributed by atoms with Crippen LogP contribution in [0.25, 0.3) is 0 Å². The summed E-state index contributed by atoms with van der Waals surface area (Å²) in [5, 5.41) is 2.79. The van der Waals surface area contributed by atoms with Crippen molar-refractivity contribution < 1.29 is 9.53 Å². The topological polar surface area (TPSA) is 64.3 Å². The molecule has 0 radical (unpaired) electrons. The molecule has 1 heterocycles. The summed E-state index contributed by atoms with van der Waals surface area (Å²) in [7, 11) is 0. The van der Waals surface area contributed by atoms with Gasteiger partial charge in [0.15, 0.2) is 0 Å². The average molecular weight is 220 g/mol. The molecule has 4 heteroatoms. The van der Waals surface area contributed by atoms with Gasteiger partial charge in [0.2, 0.25) is 0 Å². The Kier molecular flexibility index (Phi) is 3.41. The van der Waals surface area contributed by atoms with E-state index in [4.69, 9.17) is 10.5 Å². The van der Waals surface area contributed by atoms with Gasteiger partial charge in [-0.3, -0.25) is 4.79 Å². The van der Waals surface area contributed by atoms with E-state index in [1.807, 2.05) is 12.1 Å². The van der Waals surface area contributed by atoms with Crippen molar-refractivity contribution in [2.75, 3.05) is 17.7 Å². The first-order valence-corrected chi connectivity index (χ1v) is 5.54. The van der Waals surface area contributed by atoms with Gasteiger partial charge in [-0.25, -0.2) is 0 Å². The minimum atomic E-state index is -0.326. The fourth-order valence-electron chi connectivity index (χ4n) is 1.77. The summed E-state index contributed by atoms with van der Waals surface area (Å²) in [6, 6.07) is 7.23. The number of hydrogen-bond acceptors (Lipinski definition) is 3. The van der Waals surface area contributed by atoms with Gasteiger partial charge in [0.1, 0.15) is 6.10 Å². The number of anilines is 2. The number of nitrogens with one attached hydrogen (secondary N) is 1. The van der Waals surface area contributed by atoms with Crippen molar-refractivity contribution in [1.82, 2.24) is 0 Å². The van der Waals surface area contributed by atoms with Crippen LogP contribution in [0.5, 0.6) is 0 Å². The predicted molar refractivity (Wildman–Crippen MR) is 63.1 cm³/mol. The van der Waals surface area contributed by atoms with E-state index in [2.05, 4.69) is 5.32 Å². The van der Waals surface area contributed by atoms with E-state index in [0.29, 0.717) is 18.0 Å². The van der Waals surface area contributed by atoms with Crippen LogP contribution < -0.4 is 11.1 Å². The second-order valence-corrected chi connectivity index (χ2v) is 3.93. The summed E-state index contributed by atoms with van der Waals surface area (Å²) in [4.78, 5) is 11.8. The zero-order valence-electron chi connectivity index (χ0n) is 9.11. The Morgan fingerprint density at radius 1 is 1.38 bits per heavy atom. The fraction of sp³-hybridized carbons (Fsp3) is 0.417. The molecule has 0 aliphatic carbocycles. The van der Waals surface area contributed by atoms with E-state index >= 15 is 0 Å². The lowest BCUT2D eigenvalue weighted by atomic mass is 10.1. The summed E-state index contributed by atoms with van der Waals surface area (Å²) in [5.74, 6) is -0.0994. The van der Waals surface area contributed by atoms with Crippen LogP contribution in [0, 0.1) is 0 Å². The largest absolute Gasteiger partial charge is 0.397 e.